The van der Waals surface area contributed by atoms with Gasteiger partial charge in [-0.2, -0.15) is 0 Å². The van der Waals surface area contributed by atoms with Crippen molar-refractivity contribution in [1.29, 1.82) is 0 Å². The highest BCUT2D eigenvalue weighted by atomic mass is 19.1. The van der Waals surface area contributed by atoms with Crippen LogP contribution < -0.4 is 4.74 Å². The highest BCUT2D eigenvalue weighted by molar-refractivity contribution is 5.85. The van der Waals surface area contributed by atoms with Crippen molar-refractivity contribution in [3.63, 3.8) is 0 Å². The Bertz CT molecular complexity index is 918. The minimum absolute atomic E-state index is 0.380. The van der Waals surface area contributed by atoms with Crippen molar-refractivity contribution in [1.82, 2.24) is 0 Å². The molecule has 4 heteroatoms. The summed E-state index contributed by atoms with van der Waals surface area (Å²) in [6.07, 6.45) is 2.94. The molecule has 2 heterocycles. The zero-order valence-corrected chi connectivity index (χ0v) is 12.5. The van der Waals surface area contributed by atoms with E-state index in [0.717, 1.165) is 29.2 Å². The lowest BCUT2D eigenvalue weighted by Crippen LogP contribution is -1.97. The lowest BCUT2D eigenvalue weighted by molar-refractivity contribution is 0.352. The van der Waals surface area contributed by atoms with Gasteiger partial charge in [-0.3, -0.25) is 0 Å². The molecule has 0 spiro atoms. The van der Waals surface area contributed by atoms with Gasteiger partial charge in [-0.1, -0.05) is 6.08 Å². The summed E-state index contributed by atoms with van der Waals surface area (Å²) in [6.45, 7) is 2.59. The Balaban J connectivity index is 1.82. The largest absolute Gasteiger partial charge is 0.489 e. The van der Waals surface area contributed by atoms with Crippen LogP contribution in [-0.4, -0.2) is 6.61 Å². The second-order valence-corrected chi connectivity index (χ2v) is 5.81. The van der Waals surface area contributed by atoms with Crippen LogP contribution in [0.3, 0.4) is 0 Å². The lowest BCUT2D eigenvalue weighted by atomic mass is 10.1. The molecular weight excluding hydrogens is 298 g/mol. The van der Waals surface area contributed by atoms with Crippen molar-refractivity contribution in [3.05, 3.63) is 65.2 Å². The molecule has 0 fully saturated rings. The van der Waals surface area contributed by atoms with E-state index in [1.807, 2.05) is 19.1 Å². The van der Waals surface area contributed by atoms with E-state index < -0.39 is 11.6 Å². The number of fused-ring (bicyclic) bond motifs is 2. The molecule has 2 nitrogen and oxygen atoms in total. The van der Waals surface area contributed by atoms with Gasteiger partial charge in [-0.05, 0) is 48.7 Å². The third-order valence-corrected chi connectivity index (χ3v) is 3.97. The van der Waals surface area contributed by atoms with Crippen LogP contribution in [0.25, 0.3) is 22.3 Å². The van der Waals surface area contributed by atoms with E-state index in [1.165, 1.54) is 17.7 Å². The summed E-state index contributed by atoms with van der Waals surface area (Å²) in [6, 6.07) is 9.00. The fraction of sp³-hybridized carbons (Fsp3) is 0.158. The maximum Gasteiger partial charge on any atom is 0.138 e. The fourth-order valence-corrected chi connectivity index (χ4v) is 2.78. The van der Waals surface area contributed by atoms with E-state index in [0.29, 0.717) is 23.5 Å². The molecule has 4 rings (SSSR count). The quantitative estimate of drug-likeness (QED) is 0.572. The van der Waals surface area contributed by atoms with Crippen LogP contribution in [0.1, 0.15) is 12.5 Å². The first kappa shape index (κ1) is 14.0. The van der Waals surface area contributed by atoms with Crippen LogP contribution in [0.15, 0.2) is 52.5 Å². The molecule has 116 valence electrons. The number of halogens is 2. The molecule has 0 amide bonds. The van der Waals surface area contributed by atoms with E-state index in [2.05, 4.69) is 6.08 Å². The monoisotopic (exact) mass is 312 g/mol. The molecule has 23 heavy (non-hydrogen) atoms. The van der Waals surface area contributed by atoms with Crippen LogP contribution in [0.2, 0.25) is 0 Å². The Morgan fingerprint density at radius 3 is 2.52 bits per heavy atom. The summed E-state index contributed by atoms with van der Waals surface area (Å²) in [5.74, 6) is -0.0254. The van der Waals surface area contributed by atoms with E-state index in [9.17, 15) is 8.78 Å². The predicted octanol–water partition coefficient (Wildman–Crippen LogP) is 5.26. The van der Waals surface area contributed by atoms with Gasteiger partial charge in [-0.15, -0.1) is 0 Å². The number of allylic oxidation sites excluding steroid dienone is 1. The smallest absolute Gasteiger partial charge is 0.138 e. The molecule has 0 saturated carbocycles. The van der Waals surface area contributed by atoms with E-state index in [-0.39, 0.29) is 0 Å². The van der Waals surface area contributed by atoms with Crippen LogP contribution in [0.5, 0.6) is 5.75 Å². The van der Waals surface area contributed by atoms with Crippen LogP contribution in [-0.2, 0) is 6.42 Å². The van der Waals surface area contributed by atoms with E-state index >= 15 is 0 Å². The Labute approximate surface area is 132 Å². The zero-order chi connectivity index (χ0) is 16.0. The molecule has 0 aliphatic carbocycles. The Kier molecular flexibility index (Phi) is 3.18. The van der Waals surface area contributed by atoms with Gasteiger partial charge >= 0.3 is 0 Å². The SMILES string of the molecule is CC1=CCc2cc3cc(-c4cc(F)cc(F)c4)oc3cc2OC1. The van der Waals surface area contributed by atoms with E-state index in [1.54, 1.807) is 6.07 Å². The molecule has 0 N–H and O–H groups in total. The Morgan fingerprint density at radius 1 is 0.957 bits per heavy atom. The van der Waals surface area contributed by atoms with Crippen molar-refractivity contribution < 1.29 is 17.9 Å². The second-order valence-electron chi connectivity index (χ2n) is 5.81. The van der Waals surface area contributed by atoms with Crippen LogP contribution in [0, 0.1) is 11.6 Å². The average molecular weight is 312 g/mol. The number of hydrogen-bond acceptors (Lipinski definition) is 2. The number of ether oxygens (including phenoxy) is 1. The molecule has 0 bridgehead atoms. The summed E-state index contributed by atoms with van der Waals surface area (Å²) in [4.78, 5) is 0. The maximum atomic E-state index is 13.4. The molecule has 1 aliphatic heterocycles. The van der Waals surface area contributed by atoms with Crippen LogP contribution >= 0.6 is 0 Å². The Morgan fingerprint density at radius 2 is 1.74 bits per heavy atom. The summed E-state index contributed by atoms with van der Waals surface area (Å²) in [5.41, 5.74) is 3.29. The fourth-order valence-electron chi connectivity index (χ4n) is 2.78. The number of furan rings is 1. The minimum atomic E-state index is -0.625. The van der Waals surface area contributed by atoms with Gasteiger partial charge in [0, 0.05) is 23.1 Å². The first-order valence-electron chi connectivity index (χ1n) is 7.40. The van der Waals surface area contributed by atoms with Crippen molar-refractivity contribution in [3.8, 4) is 17.1 Å². The highest BCUT2D eigenvalue weighted by Gasteiger charge is 2.14. The molecular formula is C19H14F2O2. The first-order chi connectivity index (χ1) is 11.1. The van der Waals surface area contributed by atoms with Gasteiger partial charge in [0.1, 0.15) is 35.3 Å². The molecule has 1 aliphatic rings. The normalized spacial score (nSPS) is 14.1. The van der Waals surface area contributed by atoms with E-state index in [4.69, 9.17) is 9.15 Å². The molecule has 0 unspecified atom stereocenters. The molecule has 0 saturated heterocycles. The van der Waals surface area contributed by atoms with Crippen molar-refractivity contribution in [2.45, 2.75) is 13.3 Å². The summed E-state index contributed by atoms with van der Waals surface area (Å²) in [5, 5.41) is 0.889. The lowest BCUT2D eigenvalue weighted by Gasteiger charge is -2.06. The third kappa shape index (κ3) is 2.61. The van der Waals surface area contributed by atoms with Crippen molar-refractivity contribution in [2.24, 2.45) is 0 Å². The standard InChI is InChI=1S/C19H14F2O2/c1-11-2-3-12-4-13-7-18(14-5-15(20)8-16(21)6-14)23-19(13)9-17(12)22-10-11/h2,4-9H,3,10H2,1H3. The minimum Gasteiger partial charge on any atom is -0.489 e. The van der Waals surface area contributed by atoms with Crippen LogP contribution in [0.4, 0.5) is 8.78 Å². The first-order valence-corrected chi connectivity index (χ1v) is 7.40. The zero-order valence-electron chi connectivity index (χ0n) is 12.5. The summed E-state index contributed by atoms with van der Waals surface area (Å²) in [7, 11) is 0. The average Bonchev–Trinajstić information content (AvgIpc) is 2.83. The second kappa shape index (κ2) is 5.23. The summed E-state index contributed by atoms with van der Waals surface area (Å²) < 4.78 is 38.3. The predicted molar refractivity (Wildman–Crippen MR) is 84.5 cm³/mol. The molecule has 3 aromatic rings. The van der Waals surface area contributed by atoms with Gasteiger partial charge in [0.2, 0.25) is 0 Å². The van der Waals surface area contributed by atoms with Crippen molar-refractivity contribution in [2.75, 3.05) is 6.61 Å². The molecule has 1 aromatic heterocycles. The van der Waals surface area contributed by atoms with Crippen molar-refractivity contribution >= 4 is 11.0 Å². The van der Waals surface area contributed by atoms with Gasteiger partial charge in [-0.25, -0.2) is 8.78 Å². The number of benzene rings is 2. The van der Waals surface area contributed by atoms with Gasteiger partial charge in [0.25, 0.3) is 0 Å². The maximum absolute atomic E-state index is 13.4. The highest BCUT2D eigenvalue weighted by Crippen LogP contribution is 2.34. The third-order valence-electron chi connectivity index (χ3n) is 3.97. The molecule has 0 radical (unpaired) electrons. The number of hydrogen-bond donors (Lipinski definition) is 0. The Hall–Kier alpha value is -2.62. The van der Waals surface area contributed by atoms with Gasteiger partial charge < -0.3 is 9.15 Å². The molecule has 0 atom stereocenters. The van der Waals surface area contributed by atoms with Gasteiger partial charge in [0.05, 0.1) is 0 Å². The summed E-state index contributed by atoms with van der Waals surface area (Å²) >= 11 is 0. The molecule has 2 aromatic carbocycles. The van der Waals surface area contributed by atoms with Gasteiger partial charge in [0.15, 0.2) is 0 Å². The topological polar surface area (TPSA) is 22.4 Å². The number of rotatable bonds is 1.